The number of carbonyl (C=O) groups is 2. The molecule has 0 spiro atoms. The molecule has 1 heterocycles. The lowest BCUT2D eigenvalue weighted by Crippen LogP contribution is -2.41. The molecule has 2 rings (SSSR count). The number of hydrogen-bond acceptors (Lipinski definition) is 4. The van der Waals surface area contributed by atoms with Gasteiger partial charge in [-0.05, 0) is 37.7 Å². The lowest BCUT2D eigenvalue weighted by atomic mass is 10.1. The van der Waals surface area contributed by atoms with Crippen LogP contribution in [0.2, 0.25) is 0 Å². The second kappa shape index (κ2) is 9.27. The zero-order valence-corrected chi connectivity index (χ0v) is 13.6. The quantitative estimate of drug-likeness (QED) is 0.736. The average molecular weight is 319 g/mol. The molecular formula is C17H25N3O3. The van der Waals surface area contributed by atoms with Crippen molar-refractivity contribution < 1.29 is 14.3 Å². The minimum absolute atomic E-state index is 0.0115. The third kappa shape index (κ3) is 6.00. The highest BCUT2D eigenvalue weighted by Gasteiger charge is 2.16. The first kappa shape index (κ1) is 17.4. The molecule has 6 nitrogen and oxygen atoms in total. The number of nitrogens with one attached hydrogen (secondary N) is 2. The van der Waals surface area contributed by atoms with Crippen LogP contribution in [-0.4, -0.2) is 56.6 Å². The number of hydrogen-bond donors (Lipinski definition) is 2. The van der Waals surface area contributed by atoms with Crippen LogP contribution in [0.5, 0.6) is 0 Å². The van der Waals surface area contributed by atoms with Crippen LogP contribution < -0.4 is 10.6 Å². The SMILES string of the molecule is CNCCCC(=O)Nc1ccc(CC(=O)N2CCOCC2)cc1. The van der Waals surface area contributed by atoms with E-state index in [1.807, 2.05) is 36.2 Å². The van der Waals surface area contributed by atoms with E-state index in [0.29, 0.717) is 39.1 Å². The first-order valence-corrected chi connectivity index (χ1v) is 8.08. The lowest BCUT2D eigenvalue weighted by molar-refractivity contribution is -0.134. The van der Waals surface area contributed by atoms with Crippen molar-refractivity contribution in [2.75, 3.05) is 45.2 Å². The molecule has 2 N–H and O–H groups in total. The molecule has 0 unspecified atom stereocenters. The fourth-order valence-electron chi connectivity index (χ4n) is 2.45. The maximum Gasteiger partial charge on any atom is 0.227 e. The standard InChI is InChI=1S/C17H25N3O3/c1-18-8-2-3-16(21)19-15-6-4-14(5-7-15)13-17(22)20-9-11-23-12-10-20/h4-7,18H,2-3,8-13H2,1H3,(H,19,21). The number of carbonyl (C=O) groups excluding carboxylic acids is 2. The van der Waals surface area contributed by atoms with Crippen LogP contribution in [0.15, 0.2) is 24.3 Å². The minimum atomic E-state index is 0.0115. The molecular weight excluding hydrogens is 294 g/mol. The number of ether oxygens (including phenoxy) is 1. The van der Waals surface area contributed by atoms with Crippen molar-refractivity contribution in [1.82, 2.24) is 10.2 Å². The Balaban J connectivity index is 1.79. The maximum absolute atomic E-state index is 12.2. The Hall–Kier alpha value is -1.92. The van der Waals surface area contributed by atoms with Crippen molar-refractivity contribution in [1.29, 1.82) is 0 Å². The van der Waals surface area contributed by atoms with E-state index in [9.17, 15) is 9.59 Å². The molecule has 126 valence electrons. The smallest absolute Gasteiger partial charge is 0.227 e. The lowest BCUT2D eigenvalue weighted by Gasteiger charge is -2.26. The third-order valence-electron chi connectivity index (χ3n) is 3.79. The van der Waals surface area contributed by atoms with Gasteiger partial charge in [0.1, 0.15) is 0 Å². The molecule has 6 heteroatoms. The van der Waals surface area contributed by atoms with Crippen LogP contribution in [0.25, 0.3) is 0 Å². The fraction of sp³-hybridized carbons (Fsp3) is 0.529. The molecule has 1 aromatic carbocycles. The summed E-state index contributed by atoms with van der Waals surface area (Å²) >= 11 is 0. The predicted octanol–water partition coefficient (Wildman–Crippen LogP) is 1.03. The second-order valence-electron chi connectivity index (χ2n) is 5.62. The number of anilines is 1. The molecule has 0 aromatic heterocycles. The predicted molar refractivity (Wildman–Crippen MR) is 89.3 cm³/mol. The molecule has 1 fully saturated rings. The molecule has 0 aliphatic carbocycles. The van der Waals surface area contributed by atoms with E-state index in [-0.39, 0.29) is 11.8 Å². The van der Waals surface area contributed by atoms with Crippen LogP contribution in [0.4, 0.5) is 5.69 Å². The number of benzene rings is 1. The Kier molecular flexibility index (Phi) is 7.03. The van der Waals surface area contributed by atoms with E-state index >= 15 is 0 Å². The molecule has 1 aliphatic rings. The second-order valence-corrected chi connectivity index (χ2v) is 5.62. The summed E-state index contributed by atoms with van der Waals surface area (Å²) in [7, 11) is 1.87. The minimum Gasteiger partial charge on any atom is -0.378 e. The Bertz CT molecular complexity index is 510. The zero-order chi connectivity index (χ0) is 16.5. The topological polar surface area (TPSA) is 70.7 Å². The summed E-state index contributed by atoms with van der Waals surface area (Å²) < 4.78 is 5.25. The van der Waals surface area contributed by atoms with Gasteiger partial charge in [-0.1, -0.05) is 12.1 Å². The van der Waals surface area contributed by atoms with Crippen LogP contribution in [0.3, 0.4) is 0 Å². The highest BCUT2D eigenvalue weighted by atomic mass is 16.5. The number of amides is 2. The van der Waals surface area contributed by atoms with E-state index in [1.54, 1.807) is 0 Å². The number of morpholine rings is 1. The fourth-order valence-corrected chi connectivity index (χ4v) is 2.45. The summed E-state index contributed by atoms with van der Waals surface area (Å²) in [6.07, 6.45) is 1.70. The average Bonchev–Trinajstić information content (AvgIpc) is 2.57. The summed E-state index contributed by atoms with van der Waals surface area (Å²) in [5, 5.41) is 5.88. The summed E-state index contributed by atoms with van der Waals surface area (Å²) in [5.74, 6) is 0.134. The van der Waals surface area contributed by atoms with Crippen molar-refractivity contribution in [2.24, 2.45) is 0 Å². The monoisotopic (exact) mass is 319 g/mol. The van der Waals surface area contributed by atoms with E-state index in [1.165, 1.54) is 0 Å². The van der Waals surface area contributed by atoms with Gasteiger partial charge >= 0.3 is 0 Å². The molecule has 0 radical (unpaired) electrons. The molecule has 23 heavy (non-hydrogen) atoms. The summed E-state index contributed by atoms with van der Waals surface area (Å²) in [4.78, 5) is 25.8. The van der Waals surface area contributed by atoms with Gasteiger partial charge in [0.15, 0.2) is 0 Å². The molecule has 1 aliphatic heterocycles. The van der Waals surface area contributed by atoms with Gasteiger partial charge in [0.05, 0.1) is 19.6 Å². The Morgan fingerprint density at radius 2 is 1.87 bits per heavy atom. The van der Waals surface area contributed by atoms with Gasteiger partial charge in [-0.3, -0.25) is 9.59 Å². The molecule has 0 saturated carbocycles. The van der Waals surface area contributed by atoms with Crippen LogP contribution in [0, 0.1) is 0 Å². The Morgan fingerprint density at radius 1 is 1.17 bits per heavy atom. The highest BCUT2D eigenvalue weighted by molar-refractivity contribution is 5.90. The van der Waals surface area contributed by atoms with E-state index in [0.717, 1.165) is 24.2 Å². The zero-order valence-electron chi connectivity index (χ0n) is 13.6. The summed E-state index contributed by atoms with van der Waals surface area (Å²) in [6.45, 7) is 3.39. The van der Waals surface area contributed by atoms with Crippen LogP contribution in [0.1, 0.15) is 18.4 Å². The van der Waals surface area contributed by atoms with Crippen LogP contribution >= 0.6 is 0 Å². The number of rotatable bonds is 7. The first-order chi connectivity index (χ1) is 11.2. The van der Waals surface area contributed by atoms with Crippen molar-refractivity contribution in [3.8, 4) is 0 Å². The molecule has 2 amide bonds. The van der Waals surface area contributed by atoms with E-state index in [2.05, 4.69) is 10.6 Å². The van der Waals surface area contributed by atoms with Gasteiger partial charge in [-0.2, -0.15) is 0 Å². The molecule has 1 saturated heterocycles. The van der Waals surface area contributed by atoms with Crippen molar-refractivity contribution >= 4 is 17.5 Å². The maximum atomic E-state index is 12.2. The van der Waals surface area contributed by atoms with E-state index in [4.69, 9.17) is 4.74 Å². The van der Waals surface area contributed by atoms with Gasteiger partial charge in [0, 0.05) is 25.2 Å². The molecule has 0 bridgehead atoms. The van der Waals surface area contributed by atoms with Crippen molar-refractivity contribution in [3.63, 3.8) is 0 Å². The van der Waals surface area contributed by atoms with Crippen molar-refractivity contribution in [3.05, 3.63) is 29.8 Å². The summed E-state index contributed by atoms with van der Waals surface area (Å²) in [5.41, 5.74) is 1.72. The molecule has 0 atom stereocenters. The van der Waals surface area contributed by atoms with Gasteiger partial charge < -0.3 is 20.3 Å². The van der Waals surface area contributed by atoms with Crippen molar-refractivity contribution in [2.45, 2.75) is 19.3 Å². The first-order valence-electron chi connectivity index (χ1n) is 8.08. The van der Waals surface area contributed by atoms with Gasteiger partial charge in [-0.15, -0.1) is 0 Å². The largest absolute Gasteiger partial charge is 0.378 e. The van der Waals surface area contributed by atoms with Gasteiger partial charge in [-0.25, -0.2) is 0 Å². The van der Waals surface area contributed by atoms with E-state index < -0.39 is 0 Å². The Morgan fingerprint density at radius 3 is 2.52 bits per heavy atom. The summed E-state index contributed by atoms with van der Waals surface area (Å²) in [6, 6.07) is 7.47. The van der Waals surface area contributed by atoms with Gasteiger partial charge in [0.2, 0.25) is 11.8 Å². The van der Waals surface area contributed by atoms with Crippen LogP contribution in [-0.2, 0) is 20.7 Å². The number of nitrogens with zero attached hydrogens (tertiary/aromatic N) is 1. The Labute approximate surface area is 137 Å². The highest BCUT2D eigenvalue weighted by Crippen LogP contribution is 2.12. The molecule has 1 aromatic rings. The van der Waals surface area contributed by atoms with Gasteiger partial charge in [0.25, 0.3) is 0 Å². The third-order valence-corrected chi connectivity index (χ3v) is 3.79. The normalized spacial score (nSPS) is 14.6.